The largest absolute Gasteiger partial charge is 0.339 e. The Morgan fingerprint density at radius 1 is 1.17 bits per heavy atom. The van der Waals surface area contributed by atoms with Gasteiger partial charge in [0.05, 0.1) is 6.54 Å². The molecule has 2 rings (SSSR count). The van der Waals surface area contributed by atoms with E-state index in [9.17, 15) is 4.79 Å². The molecule has 0 spiro atoms. The second-order valence-electron chi connectivity index (χ2n) is 6.06. The molecule has 2 heterocycles. The molecule has 0 bridgehead atoms. The molecule has 104 valence electrons. The topological polar surface area (TPSA) is 49.6 Å². The first-order valence-electron chi connectivity index (χ1n) is 7.35. The van der Waals surface area contributed by atoms with Gasteiger partial charge in [0.15, 0.2) is 0 Å². The summed E-state index contributed by atoms with van der Waals surface area (Å²) >= 11 is 0. The summed E-state index contributed by atoms with van der Waals surface area (Å²) in [5.74, 6) is 0.946. The van der Waals surface area contributed by atoms with E-state index in [1.54, 1.807) is 0 Å². The van der Waals surface area contributed by atoms with Crippen molar-refractivity contribution in [3.8, 4) is 0 Å². The molecule has 0 aromatic heterocycles. The van der Waals surface area contributed by atoms with E-state index in [0.717, 1.165) is 38.9 Å². The molecule has 18 heavy (non-hydrogen) atoms. The molecule has 1 amide bonds. The van der Waals surface area contributed by atoms with Gasteiger partial charge >= 0.3 is 0 Å². The fraction of sp³-hybridized carbons (Fsp3) is 0.929. The molecular weight excluding hydrogens is 226 g/mol. The average molecular weight is 253 g/mol. The van der Waals surface area contributed by atoms with Crippen LogP contribution in [0, 0.1) is 5.92 Å². The van der Waals surface area contributed by atoms with Gasteiger partial charge in [-0.25, -0.2) is 0 Å². The Bertz CT molecular complexity index is 287. The first-order valence-corrected chi connectivity index (χ1v) is 7.35. The molecule has 0 aromatic carbocycles. The van der Waals surface area contributed by atoms with Gasteiger partial charge in [-0.15, -0.1) is 0 Å². The monoisotopic (exact) mass is 253 g/mol. The third kappa shape index (κ3) is 3.23. The van der Waals surface area contributed by atoms with Crippen LogP contribution in [0.25, 0.3) is 0 Å². The zero-order valence-corrected chi connectivity index (χ0v) is 11.8. The first-order chi connectivity index (χ1) is 8.58. The highest BCUT2D eigenvalue weighted by Crippen LogP contribution is 2.23. The standard InChI is InChI=1S/C14H27N3O/c1-11-4-3-7-17(12(11)2)14(18)10-16-8-5-13(15)6-9-16/h11-13H,3-10,15H2,1-2H3. The van der Waals surface area contributed by atoms with Crippen LogP contribution >= 0.6 is 0 Å². The maximum absolute atomic E-state index is 12.4. The van der Waals surface area contributed by atoms with E-state index in [0.29, 0.717) is 30.5 Å². The molecule has 2 fully saturated rings. The number of carbonyl (C=O) groups excluding carboxylic acids is 1. The Hall–Kier alpha value is -0.610. The van der Waals surface area contributed by atoms with Gasteiger partial charge in [0, 0.05) is 31.7 Å². The van der Waals surface area contributed by atoms with Crippen molar-refractivity contribution in [3.05, 3.63) is 0 Å². The van der Waals surface area contributed by atoms with Crippen molar-refractivity contribution in [1.82, 2.24) is 9.80 Å². The number of nitrogens with zero attached hydrogens (tertiary/aromatic N) is 2. The number of carbonyl (C=O) groups is 1. The first kappa shape index (κ1) is 13.8. The number of likely N-dealkylation sites (tertiary alicyclic amines) is 2. The Labute approximate surface area is 110 Å². The predicted octanol–water partition coefficient (Wildman–Crippen LogP) is 1.06. The summed E-state index contributed by atoms with van der Waals surface area (Å²) in [5.41, 5.74) is 5.89. The Kier molecular flexibility index (Phi) is 4.62. The normalized spacial score (nSPS) is 31.6. The summed E-state index contributed by atoms with van der Waals surface area (Å²) in [4.78, 5) is 16.7. The van der Waals surface area contributed by atoms with Crippen molar-refractivity contribution >= 4 is 5.91 Å². The second-order valence-corrected chi connectivity index (χ2v) is 6.06. The molecule has 4 heteroatoms. The van der Waals surface area contributed by atoms with Crippen LogP contribution in [0.15, 0.2) is 0 Å². The number of hydrogen-bond acceptors (Lipinski definition) is 3. The lowest BCUT2D eigenvalue weighted by Crippen LogP contribution is -2.51. The SMILES string of the molecule is CC1CCCN(C(=O)CN2CCC(N)CC2)C1C. The van der Waals surface area contributed by atoms with Crippen LogP contribution in [-0.4, -0.2) is 54.0 Å². The summed E-state index contributed by atoms with van der Waals surface area (Å²) in [5, 5.41) is 0. The van der Waals surface area contributed by atoms with E-state index in [2.05, 4.69) is 23.6 Å². The van der Waals surface area contributed by atoms with Gasteiger partial charge in [0.25, 0.3) is 0 Å². The van der Waals surface area contributed by atoms with Gasteiger partial charge in [-0.3, -0.25) is 9.69 Å². The smallest absolute Gasteiger partial charge is 0.236 e. The maximum atomic E-state index is 12.4. The van der Waals surface area contributed by atoms with Crippen LogP contribution < -0.4 is 5.73 Å². The van der Waals surface area contributed by atoms with Crippen LogP contribution in [0.1, 0.15) is 39.5 Å². The number of amides is 1. The van der Waals surface area contributed by atoms with Crippen LogP contribution in [0.2, 0.25) is 0 Å². The third-order valence-corrected chi connectivity index (χ3v) is 4.69. The third-order valence-electron chi connectivity index (χ3n) is 4.69. The molecule has 2 aliphatic rings. The lowest BCUT2D eigenvalue weighted by molar-refractivity contribution is -0.137. The number of piperidine rings is 2. The molecule has 0 saturated carbocycles. The number of rotatable bonds is 2. The molecule has 2 unspecified atom stereocenters. The minimum absolute atomic E-state index is 0.310. The lowest BCUT2D eigenvalue weighted by atomic mass is 9.92. The van der Waals surface area contributed by atoms with Gasteiger partial charge in [0.2, 0.25) is 5.91 Å². The predicted molar refractivity (Wildman–Crippen MR) is 73.2 cm³/mol. The van der Waals surface area contributed by atoms with E-state index in [4.69, 9.17) is 5.73 Å². The van der Waals surface area contributed by atoms with Gasteiger partial charge in [-0.1, -0.05) is 6.92 Å². The molecule has 2 aliphatic heterocycles. The van der Waals surface area contributed by atoms with Crippen molar-refractivity contribution < 1.29 is 4.79 Å². The highest BCUT2D eigenvalue weighted by molar-refractivity contribution is 5.78. The van der Waals surface area contributed by atoms with Crippen molar-refractivity contribution in [1.29, 1.82) is 0 Å². The molecule has 2 N–H and O–H groups in total. The lowest BCUT2D eigenvalue weighted by Gasteiger charge is -2.39. The second kappa shape index (κ2) is 6.02. The van der Waals surface area contributed by atoms with E-state index < -0.39 is 0 Å². The fourth-order valence-corrected chi connectivity index (χ4v) is 3.08. The van der Waals surface area contributed by atoms with Gasteiger partial charge < -0.3 is 10.6 Å². The molecule has 0 radical (unpaired) electrons. The van der Waals surface area contributed by atoms with Crippen molar-refractivity contribution in [3.63, 3.8) is 0 Å². The minimum atomic E-state index is 0.310. The fourth-order valence-electron chi connectivity index (χ4n) is 3.08. The molecule has 0 aromatic rings. The van der Waals surface area contributed by atoms with Crippen LogP contribution in [0.3, 0.4) is 0 Å². The zero-order valence-electron chi connectivity index (χ0n) is 11.8. The molecule has 4 nitrogen and oxygen atoms in total. The maximum Gasteiger partial charge on any atom is 0.236 e. The van der Waals surface area contributed by atoms with Crippen molar-refractivity contribution in [2.75, 3.05) is 26.2 Å². The Balaban J connectivity index is 1.83. The molecule has 2 saturated heterocycles. The van der Waals surface area contributed by atoms with E-state index in [1.807, 2.05) is 0 Å². The van der Waals surface area contributed by atoms with E-state index >= 15 is 0 Å². The Morgan fingerprint density at radius 3 is 2.50 bits per heavy atom. The van der Waals surface area contributed by atoms with Crippen molar-refractivity contribution in [2.24, 2.45) is 11.7 Å². The van der Waals surface area contributed by atoms with Crippen molar-refractivity contribution in [2.45, 2.75) is 51.6 Å². The van der Waals surface area contributed by atoms with Crippen LogP contribution in [-0.2, 0) is 4.79 Å². The summed E-state index contributed by atoms with van der Waals surface area (Å²) in [6, 6.07) is 0.739. The molecule has 0 aliphatic carbocycles. The minimum Gasteiger partial charge on any atom is -0.339 e. The number of hydrogen-bond donors (Lipinski definition) is 1. The quantitative estimate of drug-likeness (QED) is 0.800. The summed E-state index contributed by atoms with van der Waals surface area (Å²) < 4.78 is 0. The van der Waals surface area contributed by atoms with E-state index in [1.165, 1.54) is 6.42 Å². The van der Waals surface area contributed by atoms with Gasteiger partial charge in [0.1, 0.15) is 0 Å². The van der Waals surface area contributed by atoms with E-state index in [-0.39, 0.29) is 0 Å². The zero-order chi connectivity index (χ0) is 13.1. The average Bonchev–Trinajstić information content (AvgIpc) is 2.35. The molecular formula is C14H27N3O. The highest BCUT2D eigenvalue weighted by atomic mass is 16.2. The molecule has 2 atom stereocenters. The van der Waals surface area contributed by atoms with Gasteiger partial charge in [-0.2, -0.15) is 0 Å². The highest BCUT2D eigenvalue weighted by Gasteiger charge is 2.29. The number of nitrogens with two attached hydrogens (primary N) is 1. The van der Waals surface area contributed by atoms with Crippen LogP contribution in [0.4, 0.5) is 0 Å². The summed E-state index contributed by atoms with van der Waals surface area (Å²) in [6.45, 7) is 7.93. The van der Waals surface area contributed by atoms with Crippen LogP contribution in [0.5, 0.6) is 0 Å². The van der Waals surface area contributed by atoms with Gasteiger partial charge in [-0.05, 0) is 38.5 Å². The summed E-state index contributed by atoms with van der Waals surface area (Å²) in [7, 11) is 0. The Morgan fingerprint density at radius 2 is 1.83 bits per heavy atom. The summed E-state index contributed by atoms with van der Waals surface area (Å²) in [6.07, 6.45) is 4.46.